The minimum Gasteiger partial charge on any atom is -0.299 e. The second kappa shape index (κ2) is 3.81. The summed E-state index contributed by atoms with van der Waals surface area (Å²) in [5.41, 5.74) is 0.391. The molecule has 1 rings (SSSR count). The van der Waals surface area contributed by atoms with Crippen molar-refractivity contribution in [3.05, 3.63) is 0 Å². The molecule has 1 saturated carbocycles. The summed E-state index contributed by atoms with van der Waals surface area (Å²) < 4.78 is 0. The summed E-state index contributed by atoms with van der Waals surface area (Å²) in [5.74, 6) is 1.43. The van der Waals surface area contributed by atoms with E-state index in [1.807, 2.05) is 0 Å². The topological polar surface area (TPSA) is 17.1 Å². The van der Waals surface area contributed by atoms with Crippen LogP contribution in [0.3, 0.4) is 0 Å². The molecule has 0 saturated heterocycles. The second-order valence-electron chi connectivity index (χ2n) is 5.33. The predicted octanol–water partition coefficient (Wildman–Crippen LogP) is 3.43. The maximum atomic E-state index is 11.7. The summed E-state index contributed by atoms with van der Waals surface area (Å²) in [6.45, 7) is 8.97. The summed E-state index contributed by atoms with van der Waals surface area (Å²) in [4.78, 5) is 11.7. The maximum Gasteiger partial charge on any atom is 0.136 e. The molecule has 1 aliphatic carbocycles. The van der Waals surface area contributed by atoms with Crippen molar-refractivity contribution in [2.45, 2.75) is 53.4 Å². The summed E-state index contributed by atoms with van der Waals surface area (Å²) in [5, 5.41) is 0. The van der Waals surface area contributed by atoms with Crippen LogP contribution in [-0.2, 0) is 4.79 Å². The van der Waals surface area contributed by atoms with Gasteiger partial charge in [-0.1, -0.05) is 34.1 Å². The van der Waals surface area contributed by atoms with Crippen LogP contribution in [0.4, 0.5) is 0 Å². The Bertz CT molecular complexity index is 193. The van der Waals surface area contributed by atoms with Crippen molar-refractivity contribution in [3.8, 4) is 0 Å². The van der Waals surface area contributed by atoms with Crippen molar-refractivity contribution in [1.82, 2.24) is 0 Å². The van der Waals surface area contributed by atoms with E-state index in [9.17, 15) is 4.79 Å². The Kier molecular flexibility index (Phi) is 3.15. The Morgan fingerprint density at radius 1 is 1.54 bits per heavy atom. The van der Waals surface area contributed by atoms with Gasteiger partial charge >= 0.3 is 0 Å². The third kappa shape index (κ3) is 2.55. The average Bonchev–Trinajstić information content (AvgIpc) is 2.08. The molecule has 76 valence electrons. The molecule has 1 aliphatic rings. The zero-order chi connectivity index (χ0) is 10.1. The molecule has 0 radical (unpaired) electrons. The van der Waals surface area contributed by atoms with E-state index in [-0.39, 0.29) is 0 Å². The van der Waals surface area contributed by atoms with E-state index in [0.717, 1.165) is 25.7 Å². The zero-order valence-electron chi connectivity index (χ0n) is 9.39. The Morgan fingerprint density at radius 3 is 2.69 bits per heavy atom. The predicted molar refractivity (Wildman–Crippen MR) is 55.6 cm³/mol. The third-order valence-corrected chi connectivity index (χ3v) is 3.57. The van der Waals surface area contributed by atoms with Crippen LogP contribution >= 0.6 is 0 Å². The van der Waals surface area contributed by atoms with Gasteiger partial charge in [-0.15, -0.1) is 0 Å². The number of carbonyl (C=O) groups is 1. The first-order valence-electron chi connectivity index (χ1n) is 5.49. The van der Waals surface area contributed by atoms with Crippen molar-refractivity contribution in [3.63, 3.8) is 0 Å². The normalized spacial score (nSPS) is 30.2. The summed E-state index contributed by atoms with van der Waals surface area (Å²) in [6.07, 6.45) is 4.12. The lowest BCUT2D eigenvalue weighted by Gasteiger charge is -2.36. The number of Topliss-reactive ketones (excluding diaryl/α,β-unsaturated/α-hetero) is 1. The summed E-state index contributed by atoms with van der Waals surface area (Å²) in [7, 11) is 0. The molecule has 1 nitrogen and oxygen atoms in total. The minimum atomic E-state index is 0.341. The van der Waals surface area contributed by atoms with Gasteiger partial charge in [-0.05, 0) is 24.2 Å². The van der Waals surface area contributed by atoms with Crippen LogP contribution in [0, 0.1) is 17.3 Å². The van der Waals surface area contributed by atoms with E-state index in [2.05, 4.69) is 27.7 Å². The molecule has 0 aliphatic heterocycles. The highest BCUT2D eigenvalue weighted by atomic mass is 16.1. The van der Waals surface area contributed by atoms with Crippen LogP contribution in [0.1, 0.15) is 53.4 Å². The van der Waals surface area contributed by atoms with Crippen LogP contribution in [-0.4, -0.2) is 5.78 Å². The van der Waals surface area contributed by atoms with Gasteiger partial charge in [0.2, 0.25) is 0 Å². The lowest BCUT2D eigenvalue weighted by molar-refractivity contribution is -0.129. The molecule has 0 bridgehead atoms. The van der Waals surface area contributed by atoms with Crippen LogP contribution in [0.25, 0.3) is 0 Å². The summed E-state index contributed by atoms with van der Waals surface area (Å²) >= 11 is 0. The molecule has 13 heavy (non-hydrogen) atoms. The number of carbonyl (C=O) groups excluding carboxylic acids is 1. The molecule has 1 heteroatoms. The molecule has 2 unspecified atom stereocenters. The SMILES string of the molecule is CCC(C)C1CC(C)(C)CCC1=O. The smallest absolute Gasteiger partial charge is 0.136 e. The van der Waals surface area contributed by atoms with E-state index >= 15 is 0 Å². The first kappa shape index (κ1) is 10.7. The largest absolute Gasteiger partial charge is 0.299 e. The fourth-order valence-electron chi connectivity index (χ4n) is 2.26. The van der Waals surface area contributed by atoms with Gasteiger partial charge in [0.1, 0.15) is 5.78 Å². The number of hydrogen-bond acceptors (Lipinski definition) is 1. The first-order chi connectivity index (χ1) is 5.96. The monoisotopic (exact) mass is 182 g/mol. The number of ketones is 1. The highest BCUT2D eigenvalue weighted by molar-refractivity contribution is 5.82. The Morgan fingerprint density at radius 2 is 2.15 bits per heavy atom. The van der Waals surface area contributed by atoms with Crippen LogP contribution in [0.5, 0.6) is 0 Å². The molecule has 0 spiro atoms. The maximum absolute atomic E-state index is 11.7. The van der Waals surface area contributed by atoms with Crippen molar-refractivity contribution in [1.29, 1.82) is 0 Å². The molecule has 0 aromatic carbocycles. The molecule has 2 atom stereocenters. The zero-order valence-corrected chi connectivity index (χ0v) is 9.39. The molecular weight excluding hydrogens is 160 g/mol. The van der Waals surface area contributed by atoms with Crippen LogP contribution in [0.2, 0.25) is 0 Å². The molecule has 1 fully saturated rings. The van der Waals surface area contributed by atoms with Gasteiger partial charge in [-0.25, -0.2) is 0 Å². The Hall–Kier alpha value is -0.330. The highest BCUT2D eigenvalue weighted by Gasteiger charge is 2.35. The van der Waals surface area contributed by atoms with Crippen molar-refractivity contribution >= 4 is 5.78 Å². The first-order valence-corrected chi connectivity index (χ1v) is 5.49. The van der Waals surface area contributed by atoms with Gasteiger partial charge in [0.25, 0.3) is 0 Å². The molecule has 0 N–H and O–H groups in total. The van der Waals surface area contributed by atoms with Crippen molar-refractivity contribution in [2.75, 3.05) is 0 Å². The van der Waals surface area contributed by atoms with E-state index < -0.39 is 0 Å². The lowest BCUT2D eigenvalue weighted by atomic mass is 9.67. The Labute approximate surface area is 81.9 Å². The second-order valence-corrected chi connectivity index (χ2v) is 5.33. The molecule has 0 heterocycles. The third-order valence-electron chi connectivity index (χ3n) is 3.57. The number of rotatable bonds is 2. The molecule has 0 amide bonds. The fourth-order valence-corrected chi connectivity index (χ4v) is 2.26. The molecule has 0 aromatic heterocycles. The van der Waals surface area contributed by atoms with Gasteiger partial charge in [0, 0.05) is 12.3 Å². The Balaban J connectivity index is 2.65. The lowest BCUT2D eigenvalue weighted by Crippen LogP contribution is -2.33. The molecule has 0 aromatic rings. The quantitative estimate of drug-likeness (QED) is 0.639. The average molecular weight is 182 g/mol. The van der Waals surface area contributed by atoms with E-state index in [1.54, 1.807) is 0 Å². The van der Waals surface area contributed by atoms with Gasteiger partial charge in [-0.2, -0.15) is 0 Å². The highest BCUT2D eigenvalue weighted by Crippen LogP contribution is 2.40. The van der Waals surface area contributed by atoms with Crippen LogP contribution < -0.4 is 0 Å². The standard InChI is InChI=1S/C12H22O/c1-5-9(2)10-8-12(3,4)7-6-11(10)13/h9-10H,5-8H2,1-4H3. The van der Waals surface area contributed by atoms with Gasteiger partial charge in [0.05, 0.1) is 0 Å². The van der Waals surface area contributed by atoms with Gasteiger partial charge in [-0.3, -0.25) is 4.79 Å². The number of hydrogen-bond donors (Lipinski definition) is 0. The van der Waals surface area contributed by atoms with E-state index in [4.69, 9.17) is 0 Å². The van der Waals surface area contributed by atoms with Crippen LogP contribution in [0.15, 0.2) is 0 Å². The van der Waals surface area contributed by atoms with Gasteiger partial charge in [0.15, 0.2) is 0 Å². The minimum absolute atomic E-state index is 0.341. The molecular formula is C12H22O. The van der Waals surface area contributed by atoms with Crippen molar-refractivity contribution < 1.29 is 4.79 Å². The summed E-state index contributed by atoms with van der Waals surface area (Å²) in [6, 6.07) is 0. The van der Waals surface area contributed by atoms with E-state index in [0.29, 0.717) is 23.0 Å². The fraction of sp³-hybridized carbons (Fsp3) is 0.917. The van der Waals surface area contributed by atoms with E-state index in [1.165, 1.54) is 0 Å². The van der Waals surface area contributed by atoms with Crippen molar-refractivity contribution in [2.24, 2.45) is 17.3 Å². The van der Waals surface area contributed by atoms with Gasteiger partial charge < -0.3 is 0 Å².